The number of pyridine rings is 1. The Bertz CT molecular complexity index is 496. The lowest BCUT2D eigenvalue weighted by molar-refractivity contribution is -0.109. The molecule has 0 bridgehead atoms. The molecule has 4 nitrogen and oxygen atoms in total. The molecule has 1 rings (SSSR count). The molecule has 0 aliphatic heterocycles. The molecule has 1 aromatic rings. The lowest BCUT2D eigenvalue weighted by Crippen LogP contribution is -2.50. The molecule has 1 aromatic heterocycles. The monoisotopic (exact) mass is 364 g/mol. The van der Waals surface area contributed by atoms with Gasteiger partial charge < -0.3 is 9.35 Å². The van der Waals surface area contributed by atoms with Crippen molar-refractivity contribution in [1.29, 1.82) is 0 Å². The van der Waals surface area contributed by atoms with Gasteiger partial charge in [-0.15, -0.1) is 4.72 Å². The van der Waals surface area contributed by atoms with E-state index in [2.05, 4.69) is 25.6 Å². The number of hydrogen-bond donors (Lipinski definition) is 1. The van der Waals surface area contributed by atoms with Gasteiger partial charge in [0.05, 0.1) is 0 Å². The third kappa shape index (κ3) is 4.25. The molecule has 0 fully saturated rings. The Morgan fingerprint density at radius 2 is 2.05 bits per heavy atom. The van der Waals surface area contributed by atoms with E-state index in [9.17, 15) is 13.7 Å². The van der Waals surface area contributed by atoms with E-state index in [0.717, 1.165) is 0 Å². The summed E-state index contributed by atoms with van der Waals surface area (Å²) < 4.78 is 29.0. The second-order valence-corrected chi connectivity index (χ2v) is 8.43. The summed E-state index contributed by atoms with van der Waals surface area (Å²) in [5.41, 5.74) is -1.06. The van der Waals surface area contributed by atoms with Gasteiger partial charge >= 0.3 is 0 Å². The molecule has 1 unspecified atom stereocenters. The van der Waals surface area contributed by atoms with Crippen molar-refractivity contribution in [1.82, 2.24) is 9.71 Å². The fraction of sp³-hybridized carbons (Fsp3) is 0.538. The van der Waals surface area contributed by atoms with Crippen molar-refractivity contribution in [2.45, 2.75) is 44.4 Å². The van der Waals surface area contributed by atoms with Crippen LogP contribution in [0.25, 0.3) is 0 Å². The molecule has 1 heterocycles. The Morgan fingerprint density at radius 1 is 1.45 bits per heavy atom. The number of rotatable bonds is 5. The number of nitrogens with one attached hydrogen (secondary N) is 1. The fourth-order valence-corrected chi connectivity index (χ4v) is 2.72. The van der Waals surface area contributed by atoms with Gasteiger partial charge in [-0.2, -0.15) is 0 Å². The maximum absolute atomic E-state index is 14.0. The fourth-order valence-electron chi connectivity index (χ4n) is 1.52. The number of nitrogens with zero attached hydrogens (tertiary/aromatic N) is 1. The van der Waals surface area contributed by atoms with Crippen molar-refractivity contribution in [3.05, 3.63) is 28.2 Å². The standard InChI is InChI=1S/C13H18BrFN2O2S/c1-12(2,3)20(19)17-13(4,7-8-18)11-9(15)5-6-10(14)16-11/h5-6,8,17H,7H2,1-4H3/t13-,20?/m0/s1. The molecule has 0 aliphatic carbocycles. The molecule has 0 aromatic carbocycles. The largest absolute Gasteiger partial charge is 0.598 e. The van der Waals surface area contributed by atoms with Gasteiger partial charge in [-0.05, 0) is 55.8 Å². The van der Waals surface area contributed by atoms with E-state index in [4.69, 9.17) is 0 Å². The zero-order chi connectivity index (χ0) is 15.6. The van der Waals surface area contributed by atoms with Crippen molar-refractivity contribution in [3.63, 3.8) is 0 Å². The Kier molecular flexibility index (Phi) is 5.71. The zero-order valence-electron chi connectivity index (χ0n) is 11.9. The molecule has 0 saturated heterocycles. The number of aromatic nitrogens is 1. The lowest BCUT2D eigenvalue weighted by atomic mass is 9.95. The molecule has 0 amide bonds. The first-order valence-electron chi connectivity index (χ1n) is 6.06. The number of halogens is 2. The number of carbonyl (C=O) groups is 1. The van der Waals surface area contributed by atoms with Crippen molar-refractivity contribution in [3.8, 4) is 0 Å². The molecular formula is C13H18BrFN2O2S. The first kappa shape index (κ1) is 17.6. The second kappa shape index (κ2) is 6.51. The van der Waals surface area contributed by atoms with Crippen LogP contribution in [0, 0.1) is 5.82 Å². The van der Waals surface area contributed by atoms with Gasteiger partial charge in [0.15, 0.2) is 0 Å². The molecule has 2 atom stereocenters. The minimum Gasteiger partial charge on any atom is -0.598 e. The van der Waals surface area contributed by atoms with Gasteiger partial charge in [0.1, 0.15) is 32.7 Å². The number of carbonyl (C=O) groups excluding carboxylic acids is 1. The van der Waals surface area contributed by atoms with E-state index < -0.39 is 27.5 Å². The Balaban J connectivity index is 3.20. The van der Waals surface area contributed by atoms with Crippen LogP contribution in [-0.2, 0) is 21.7 Å². The molecule has 0 aliphatic rings. The van der Waals surface area contributed by atoms with Crippen LogP contribution in [0.15, 0.2) is 16.7 Å². The first-order chi connectivity index (χ1) is 9.10. The molecule has 1 N–H and O–H groups in total. The Hall–Kier alpha value is -0.500. The predicted octanol–water partition coefficient (Wildman–Crippen LogP) is 2.84. The summed E-state index contributed by atoms with van der Waals surface area (Å²) in [5.74, 6) is -0.545. The van der Waals surface area contributed by atoms with Crippen LogP contribution in [-0.4, -0.2) is 20.6 Å². The molecule has 0 radical (unpaired) electrons. The van der Waals surface area contributed by atoms with Crippen LogP contribution in [0.5, 0.6) is 0 Å². The first-order valence-corrected chi connectivity index (χ1v) is 8.00. The maximum Gasteiger partial charge on any atom is 0.146 e. The third-order valence-electron chi connectivity index (χ3n) is 2.70. The van der Waals surface area contributed by atoms with Gasteiger partial charge in [0.2, 0.25) is 0 Å². The molecule has 7 heteroatoms. The molecule has 20 heavy (non-hydrogen) atoms. The van der Waals surface area contributed by atoms with Gasteiger partial charge in [-0.1, -0.05) is 0 Å². The molecule has 0 saturated carbocycles. The van der Waals surface area contributed by atoms with Crippen molar-refractivity contribution < 1.29 is 13.7 Å². The minimum absolute atomic E-state index is 0.0325. The molecule has 0 spiro atoms. The zero-order valence-corrected chi connectivity index (χ0v) is 14.3. The van der Waals surface area contributed by atoms with Crippen LogP contribution in [0.2, 0.25) is 0 Å². The van der Waals surface area contributed by atoms with Crippen LogP contribution in [0.3, 0.4) is 0 Å². The van der Waals surface area contributed by atoms with E-state index in [1.807, 2.05) is 0 Å². The topological polar surface area (TPSA) is 65.0 Å². The highest BCUT2D eigenvalue weighted by Gasteiger charge is 2.39. The summed E-state index contributed by atoms with van der Waals surface area (Å²) in [6.07, 6.45) is 0.629. The molecular weight excluding hydrogens is 347 g/mol. The quantitative estimate of drug-likeness (QED) is 0.495. The predicted molar refractivity (Wildman–Crippen MR) is 81.0 cm³/mol. The highest BCUT2D eigenvalue weighted by Crippen LogP contribution is 2.29. The van der Waals surface area contributed by atoms with Crippen LogP contribution in [0.1, 0.15) is 39.8 Å². The second-order valence-electron chi connectivity index (χ2n) is 5.65. The van der Waals surface area contributed by atoms with Gasteiger partial charge in [0.25, 0.3) is 0 Å². The average Bonchev–Trinajstić information content (AvgIpc) is 2.31. The van der Waals surface area contributed by atoms with Gasteiger partial charge in [-0.25, -0.2) is 9.37 Å². The Morgan fingerprint density at radius 3 is 2.55 bits per heavy atom. The van der Waals surface area contributed by atoms with Crippen LogP contribution in [0.4, 0.5) is 4.39 Å². The third-order valence-corrected chi connectivity index (χ3v) is 4.89. The van der Waals surface area contributed by atoms with Crippen molar-refractivity contribution >= 4 is 33.6 Å². The highest BCUT2D eigenvalue weighted by atomic mass is 79.9. The Labute approximate surface area is 130 Å². The SMILES string of the molecule is CC(C)(C)[S+]([O-])N[C@@](C)(CC=O)c1nc(Br)ccc1F. The van der Waals surface area contributed by atoms with E-state index in [-0.39, 0.29) is 12.1 Å². The van der Waals surface area contributed by atoms with E-state index in [0.29, 0.717) is 10.9 Å². The summed E-state index contributed by atoms with van der Waals surface area (Å²) in [6, 6.07) is 2.73. The van der Waals surface area contributed by atoms with Crippen LogP contribution < -0.4 is 4.72 Å². The van der Waals surface area contributed by atoms with Gasteiger partial charge in [0, 0.05) is 17.8 Å². The van der Waals surface area contributed by atoms with Gasteiger partial charge in [-0.3, -0.25) is 0 Å². The van der Waals surface area contributed by atoms with E-state index in [1.165, 1.54) is 12.1 Å². The van der Waals surface area contributed by atoms with Crippen molar-refractivity contribution in [2.75, 3.05) is 0 Å². The van der Waals surface area contributed by atoms with Crippen LogP contribution >= 0.6 is 15.9 Å². The maximum atomic E-state index is 14.0. The summed E-state index contributed by atoms with van der Waals surface area (Å²) >= 11 is 1.72. The normalized spacial score (nSPS) is 16.6. The smallest absolute Gasteiger partial charge is 0.146 e. The number of hydrogen-bond acceptors (Lipinski definition) is 4. The van der Waals surface area contributed by atoms with E-state index >= 15 is 0 Å². The summed E-state index contributed by atoms with van der Waals surface area (Å²) in [4.78, 5) is 15.0. The summed E-state index contributed by atoms with van der Waals surface area (Å²) in [6.45, 7) is 7.00. The average molecular weight is 365 g/mol. The molecule has 112 valence electrons. The lowest BCUT2D eigenvalue weighted by Gasteiger charge is -2.33. The van der Waals surface area contributed by atoms with E-state index in [1.54, 1.807) is 27.7 Å². The highest BCUT2D eigenvalue weighted by molar-refractivity contribution is 9.10. The summed E-state index contributed by atoms with van der Waals surface area (Å²) in [7, 11) is 0. The van der Waals surface area contributed by atoms with Crippen molar-refractivity contribution in [2.24, 2.45) is 0 Å². The summed E-state index contributed by atoms with van der Waals surface area (Å²) in [5, 5.41) is 0. The number of aldehydes is 1. The minimum atomic E-state index is -1.45.